The lowest BCUT2D eigenvalue weighted by Gasteiger charge is -2.26. The maximum atomic E-state index is 5.60. The molecule has 2 nitrogen and oxygen atoms in total. The molecule has 2 unspecified atom stereocenters. The fourth-order valence-electron chi connectivity index (χ4n) is 1.93. The van der Waals surface area contributed by atoms with Crippen molar-refractivity contribution in [3.63, 3.8) is 0 Å². The van der Waals surface area contributed by atoms with Gasteiger partial charge >= 0.3 is 0 Å². The van der Waals surface area contributed by atoms with Crippen LogP contribution in [0.1, 0.15) is 66.2 Å². The molecule has 0 spiro atoms. The summed E-state index contributed by atoms with van der Waals surface area (Å²) in [4.78, 5) is 0. The first kappa shape index (κ1) is 14.9. The Kier molecular flexibility index (Phi) is 9.12. The van der Waals surface area contributed by atoms with Crippen molar-refractivity contribution in [2.45, 2.75) is 72.3 Å². The monoisotopic (exact) mass is 214 g/mol. The van der Waals surface area contributed by atoms with Crippen LogP contribution in [0.2, 0.25) is 0 Å². The van der Waals surface area contributed by atoms with Crippen molar-refractivity contribution in [2.75, 3.05) is 0 Å². The normalized spacial score (nSPS) is 15.6. The highest BCUT2D eigenvalue weighted by atomic mass is 15.2. The quantitative estimate of drug-likeness (QED) is 0.350. The summed E-state index contributed by atoms with van der Waals surface area (Å²) < 4.78 is 0. The first-order chi connectivity index (χ1) is 7.13. The summed E-state index contributed by atoms with van der Waals surface area (Å²) in [6.45, 7) is 9.09. The predicted octanol–water partition coefficient (Wildman–Crippen LogP) is 3.47. The van der Waals surface area contributed by atoms with Gasteiger partial charge in [0.15, 0.2) is 0 Å². The molecule has 0 saturated carbocycles. The Bertz CT molecular complexity index is 134. The smallest absolute Gasteiger partial charge is 0.0238 e. The summed E-state index contributed by atoms with van der Waals surface area (Å²) >= 11 is 0. The molecule has 0 aromatic rings. The van der Waals surface area contributed by atoms with Gasteiger partial charge in [-0.05, 0) is 18.3 Å². The molecule has 0 saturated heterocycles. The lowest BCUT2D eigenvalue weighted by atomic mass is 9.87. The van der Waals surface area contributed by atoms with E-state index in [4.69, 9.17) is 5.84 Å². The fourth-order valence-corrected chi connectivity index (χ4v) is 1.93. The van der Waals surface area contributed by atoms with Crippen LogP contribution in [0, 0.1) is 11.8 Å². The van der Waals surface area contributed by atoms with Gasteiger partial charge in [-0.2, -0.15) is 0 Å². The minimum absolute atomic E-state index is 0.492. The zero-order valence-corrected chi connectivity index (χ0v) is 11.1. The molecule has 0 fully saturated rings. The fraction of sp³-hybridized carbons (Fsp3) is 1.00. The maximum Gasteiger partial charge on any atom is 0.0238 e. The van der Waals surface area contributed by atoms with Crippen LogP contribution in [0.5, 0.6) is 0 Å². The molecule has 0 aromatic carbocycles. The second kappa shape index (κ2) is 9.17. The number of hydrogen-bond donors (Lipinski definition) is 2. The Hall–Kier alpha value is -0.0800. The number of unbranched alkanes of at least 4 members (excludes halogenated alkanes) is 4. The van der Waals surface area contributed by atoms with Crippen LogP contribution in [0.15, 0.2) is 0 Å². The molecule has 2 atom stereocenters. The molecule has 92 valence electrons. The average Bonchev–Trinajstić information content (AvgIpc) is 2.22. The van der Waals surface area contributed by atoms with Gasteiger partial charge in [-0.15, -0.1) is 0 Å². The molecule has 0 aliphatic rings. The number of nitrogens with two attached hydrogens (primary N) is 1. The van der Waals surface area contributed by atoms with Crippen LogP contribution in [-0.4, -0.2) is 6.04 Å². The Labute approximate surface area is 96.0 Å². The average molecular weight is 214 g/mol. The molecule has 15 heavy (non-hydrogen) atoms. The third-order valence-corrected chi connectivity index (χ3v) is 3.52. The lowest BCUT2D eigenvalue weighted by Crippen LogP contribution is -2.41. The predicted molar refractivity (Wildman–Crippen MR) is 68.5 cm³/mol. The summed E-state index contributed by atoms with van der Waals surface area (Å²) in [6.07, 6.45) is 7.97. The molecule has 0 radical (unpaired) electrons. The topological polar surface area (TPSA) is 38.0 Å². The van der Waals surface area contributed by atoms with Crippen LogP contribution in [-0.2, 0) is 0 Å². The van der Waals surface area contributed by atoms with E-state index in [0.29, 0.717) is 17.9 Å². The van der Waals surface area contributed by atoms with Crippen LogP contribution >= 0.6 is 0 Å². The van der Waals surface area contributed by atoms with E-state index in [2.05, 4.69) is 33.1 Å². The van der Waals surface area contributed by atoms with E-state index in [0.717, 1.165) is 0 Å². The van der Waals surface area contributed by atoms with E-state index in [9.17, 15) is 0 Å². The van der Waals surface area contributed by atoms with Gasteiger partial charge in [0, 0.05) is 6.04 Å². The van der Waals surface area contributed by atoms with Crippen molar-refractivity contribution in [1.29, 1.82) is 0 Å². The van der Waals surface area contributed by atoms with E-state index in [1.54, 1.807) is 0 Å². The lowest BCUT2D eigenvalue weighted by molar-refractivity contribution is 0.281. The standard InChI is InChI=1S/C13H30N2/c1-5-6-7-8-9-10-13(15-14)12(4)11(2)3/h11-13,15H,5-10,14H2,1-4H3. The third kappa shape index (κ3) is 6.91. The molecule has 0 amide bonds. The van der Waals surface area contributed by atoms with Crippen molar-refractivity contribution >= 4 is 0 Å². The highest BCUT2D eigenvalue weighted by Gasteiger charge is 2.18. The summed E-state index contributed by atoms with van der Waals surface area (Å²) in [5.74, 6) is 6.98. The van der Waals surface area contributed by atoms with Gasteiger partial charge in [-0.1, -0.05) is 59.8 Å². The second-order valence-corrected chi connectivity index (χ2v) is 5.08. The Morgan fingerprint density at radius 2 is 1.60 bits per heavy atom. The molecule has 0 aromatic heterocycles. The largest absolute Gasteiger partial charge is 0.271 e. The van der Waals surface area contributed by atoms with Gasteiger partial charge in [-0.3, -0.25) is 11.3 Å². The summed E-state index contributed by atoms with van der Waals surface area (Å²) in [5, 5.41) is 0. The van der Waals surface area contributed by atoms with Crippen molar-refractivity contribution in [3.05, 3.63) is 0 Å². The Morgan fingerprint density at radius 1 is 1.00 bits per heavy atom. The number of rotatable bonds is 9. The molecule has 0 heterocycles. The number of hydrazine groups is 1. The molecule has 0 aliphatic heterocycles. The van der Waals surface area contributed by atoms with Gasteiger partial charge in [0.2, 0.25) is 0 Å². The van der Waals surface area contributed by atoms with Crippen LogP contribution in [0.25, 0.3) is 0 Å². The highest BCUT2D eigenvalue weighted by molar-refractivity contribution is 4.73. The van der Waals surface area contributed by atoms with E-state index < -0.39 is 0 Å². The SMILES string of the molecule is CCCCCCCC(NN)C(C)C(C)C. The first-order valence-corrected chi connectivity index (χ1v) is 6.59. The van der Waals surface area contributed by atoms with E-state index >= 15 is 0 Å². The molecule has 0 bridgehead atoms. The molecule has 2 heteroatoms. The minimum atomic E-state index is 0.492. The van der Waals surface area contributed by atoms with Crippen LogP contribution < -0.4 is 11.3 Å². The molecule has 3 N–H and O–H groups in total. The molecule has 0 aliphatic carbocycles. The second-order valence-electron chi connectivity index (χ2n) is 5.08. The van der Waals surface area contributed by atoms with Gasteiger partial charge < -0.3 is 0 Å². The zero-order valence-electron chi connectivity index (χ0n) is 11.1. The molecular formula is C13H30N2. The van der Waals surface area contributed by atoms with Gasteiger partial charge in [0.1, 0.15) is 0 Å². The van der Waals surface area contributed by atoms with Crippen molar-refractivity contribution in [2.24, 2.45) is 17.7 Å². The summed E-state index contributed by atoms with van der Waals surface area (Å²) in [5.41, 5.74) is 2.97. The summed E-state index contributed by atoms with van der Waals surface area (Å²) in [7, 11) is 0. The summed E-state index contributed by atoms with van der Waals surface area (Å²) in [6, 6.07) is 0.492. The maximum absolute atomic E-state index is 5.60. The van der Waals surface area contributed by atoms with Crippen LogP contribution in [0.3, 0.4) is 0 Å². The first-order valence-electron chi connectivity index (χ1n) is 6.59. The van der Waals surface area contributed by atoms with Gasteiger partial charge in [0.25, 0.3) is 0 Å². The number of hydrogen-bond acceptors (Lipinski definition) is 2. The van der Waals surface area contributed by atoms with E-state index in [1.165, 1.54) is 38.5 Å². The van der Waals surface area contributed by atoms with Crippen LogP contribution in [0.4, 0.5) is 0 Å². The van der Waals surface area contributed by atoms with Gasteiger partial charge in [-0.25, -0.2) is 0 Å². The van der Waals surface area contributed by atoms with E-state index in [1.807, 2.05) is 0 Å². The van der Waals surface area contributed by atoms with Crippen molar-refractivity contribution < 1.29 is 0 Å². The van der Waals surface area contributed by atoms with Gasteiger partial charge in [0.05, 0.1) is 0 Å². The molecular weight excluding hydrogens is 184 g/mol. The van der Waals surface area contributed by atoms with Crippen molar-refractivity contribution in [3.8, 4) is 0 Å². The highest BCUT2D eigenvalue weighted by Crippen LogP contribution is 2.19. The van der Waals surface area contributed by atoms with Crippen molar-refractivity contribution in [1.82, 2.24) is 5.43 Å². The Balaban J connectivity index is 3.61. The third-order valence-electron chi connectivity index (χ3n) is 3.52. The number of nitrogens with one attached hydrogen (secondary N) is 1. The minimum Gasteiger partial charge on any atom is -0.271 e. The Morgan fingerprint density at radius 3 is 2.07 bits per heavy atom. The zero-order chi connectivity index (χ0) is 11.7. The molecule has 0 rings (SSSR count). The van der Waals surface area contributed by atoms with E-state index in [-0.39, 0.29) is 0 Å².